The summed E-state index contributed by atoms with van der Waals surface area (Å²) in [6.45, 7) is 13.3. The van der Waals surface area contributed by atoms with Crippen LogP contribution in [-0.2, 0) is 0 Å². The van der Waals surface area contributed by atoms with Crippen molar-refractivity contribution in [3.8, 4) is 5.69 Å². The Morgan fingerprint density at radius 3 is 2.21 bits per heavy atom. The van der Waals surface area contributed by atoms with Gasteiger partial charge in [0.1, 0.15) is 0 Å². The van der Waals surface area contributed by atoms with Crippen molar-refractivity contribution in [3.05, 3.63) is 70.0 Å². The molecule has 1 aromatic heterocycles. The monoisotopic (exact) mass is 524 g/mol. The quantitative estimate of drug-likeness (QED) is 0.322. The minimum atomic E-state index is -2.29. The van der Waals surface area contributed by atoms with Crippen LogP contribution in [0.15, 0.2) is 53.3 Å². The highest BCUT2D eigenvalue weighted by atomic mass is 35.5. The van der Waals surface area contributed by atoms with Crippen LogP contribution in [-0.4, -0.2) is 32.7 Å². The van der Waals surface area contributed by atoms with E-state index in [1.165, 1.54) is 18.1 Å². The summed E-state index contributed by atoms with van der Waals surface area (Å²) >= 11 is 13.0. The summed E-state index contributed by atoms with van der Waals surface area (Å²) in [6, 6.07) is 15.9. The number of hydrogen-bond donors (Lipinski definition) is 0. The van der Waals surface area contributed by atoms with E-state index in [0.717, 1.165) is 35.9 Å². The summed E-state index contributed by atoms with van der Waals surface area (Å²) in [7, 11) is -2.29. The van der Waals surface area contributed by atoms with E-state index in [9.17, 15) is 0 Å². The highest BCUT2D eigenvalue weighted by molar-refractivity contribution is 7.73. The van der Waals surface area contributed by atoms with Crippen LogP contribution in [0.5, 0.6) is 0 Å². The predicted octanol–water partition coefficient (Wildman–Crippen LogP) is 8.19. The van der Waals surface area contributed by atoms with Gasteiger partial charge in [-0.05, 0) is 57.0 Å². The molecule has 178 valence electrons. The van der Waals surface area contributed by atoms with Gasteiger partial charge in [0.05, 0.1) is 40.3 Å². The van der Waals surface area contributed by atoms with Crippen LogP contribution >= 0.6 is 42.8 Å². The third kappa shape index (κ3) is 4.79. The van der Waals surface area contributed by atoms with Crippen molar-refractivity contribution in [2.45, 2.75) is 52.6 Å². The van der Waals surface area contributed by atoms with E-state index >= 15 is 0 Å². The Labute approximate surface area is 213 Å². The molecule has 3 aromatic rings. The molecule has 8 heteroatoms. The van der Waals surface area contributed by atoms with Gasteiger partial charge in [-0.2, -0.15) is 5.10 Å². The molecule has 1 saturated heterocycles. The molecule has 0 bridgehead atoms. The molecule has 0 aliphatic carbocycles. The van der Waals surface area contributed by atoms with Crippen LogP contribution in [0.4, 0.5) is 5.69 Å². The largest absolute Gasteiger partial charge is 0.265 e. The number of rotatable bonds is 4. The average Bonchev–Trinajstić information content (AvgIpc) is 3.38. The summed E-state index contributed by atoms with van der Waals surface area (Å²) < 4.78 is 10.3. The summed E-state index contributed by atoms with van der Waals surface area (Å²) in [5.41, 5.74) is 4.00. The fourth-order valence-corrected chi connectivity index (χ4v) is 9.87. The Kier molecular flexibility index (Phi) is 8.08. The van der Waals surface area contributed by atoms with Gasteiger partial charge in [0.2, 0.25) is 0 Å². The van der Waals surface area contributed by atoms with Crippen LogP contribution in [0.1, 0.15) is 45.0 Å². The maximum atomic E-state index is 6.65. The number of aryl methyl sites for hydroxylation is 1. The zero-order valence-corrected chi connectivity index (χ0v) is 23.1. The van der Waals surface area contributed by atoms with E-state index in [1.807, 2.05) is 36.4 Å². The van der Waals surface area contributed by atoms with E-state index in [4.69, 9.17) is 33.0 Å². The van der Waals surface area contributed by atoms with E-state index in [0.29, 0.717) is 10.0 Å². The van der Waals surface area contributed by atoms with Gasteiger partial charge in [0.15, 0.2) is 0 Å². The molecule has 0 spiro atoms. The second-order valence-electron chi connectivity index (χ2n) is 9.40. The Hall–Kier alpha value is -1.29. The third-order valence-electron chi connectivity index (χ3n) is 6.15. The van der Waals surface area contributed by atoms with Crippen molar-refractivity contribution < 1.29 is 0 Å². The second-order valence-corrected chi connectivity index (χ2v) is 14.0. The fourth-order valence-electron chi connectivity index (χ4n) is 4.78. The zero-order chi connectivity index (χ0) is 23.1. The molecule has 4 rings (SSSR count). The lowest BCUT2D eigenvalue weighted by molar-refractivity contribution is 0.538. The first-order valence-corrected chi connectivity index (χ1v) is 13.6. The van der Waals surface area contributed by atoms with Crippen molar-refractivity contribution >= 4 is 53.8 Å². The van der Waals surface area contributed by atoms with Gasteiger partial charge >= 0.3 is 0 Å². The molecule has 2 aromatic carbocycles. The topological polar surface area (TPSA) is 33.4 Å². The van der Waals surface area contributed by atoms with Crippen LogP contribution in [0.3, 0.4) is 0 Å². The first-order chi connectivity index (χ1) is 15.1. The SMILES string of the molecule is Cc1nn(-c2ccccc2)c(C)c1P(=Nc1cc(Cl)ccc1Cl)(N1CCCC1)C(C)(C)C.Cl. The normalized spacial score (nSPS) is 16.3. The number of para-hydroxylation sites is 1. The standard InChI is InChI=1S/C25H31Cl2N4P.ClH/c1-18-24(19(2)31(28-18)21-11-7-6-8-12-21)32(25(3,4)5,30-15-9-10-16-30)29-23-17-20(26)13-14-22(23)27;/h6-8,11-14,17H,9-10,15-16H2,1-5H3;1H. The molecule has 2 heterocycles. The van der Waals surface area contributed by atoms with Crippen molar-refractivity contribution in [1.82, 2.24) is 14.5 Å². The van der Waals surface area contributed by atoms with Crippen LogP contribution in [0.25, 0.3) is 5.69 Å². The Morgan fingerprint density at radius 1 is 0.970 bits per heavy atom. The number of hydrogen-bond acceptors (Lipinski definition) is 2. The van der Waals surface area contributed by atoms with Gasteiger partial charge in [-0.25, -0.2) is 9.43 Å². The van der Waals surface area contributed by atoms with E-state index in [-0.39, 0.29) is 17.6 Å². The van der Waals surface area contributed by atoms with Crippen LogP contribution in [0, 0.1) is 13.8 Å². The molecule has 1 atom stereocenters. The van der Waals surface area contributed by atoms with Gasteiger partial charge in [0, 0.05) is 23.3 Å². The smallest absolute Gasteiger partial charge is 0.0834 e. The highest BCUT2D eigenvalue weighted by Crippen LogP contribution is 2.66. The molecule has 1 aliphatic rings. The Bertz CT molecular complexity index is 1180. The van der Waals surface area contributed by atoms with Gasteiger partial charge in [-0.15, -0.1) is 12.4 Å². The zero-order valence-electron chi connectivity index (χ0n) is 19.8. The van der Waals surface area contributed by atoms with Gasteiger partial charge in [-0.3, -0.25) is 4.67 Å². The van der Waals surface area contributed by atoms with Crippen molar-refractivity contribution in [2.75, 3.05) is 13.1 Å². The maximum Gasteiger partial charge on any atom is 0.0834 e. The molecule has 1 unspecified atom stereocenters. The average molecular weight is 526 g/mol. The number of nitrogens with zero attached hydrogens (tertiary/aromatic N) is 4. The number of benzene rings is 2. The van der Waals surface area contributed by atoms with Crippen molar-refractivity contribution in [3.63, 3.8) is 0 Å². The van der Waals surface area contributed by atoms with Crippen molar-refractivity contribution in [2.24, 2.45) is 4.74 Å². The van der Waals surface area contributed by atoms with E-state index in [2.05, 4.69) is 56.1 Å². The first-order valence-electron chi connectivity index (χ1n) is 11.1. The van der Waals surface area contributed by atoms with Crippen LogP contribution in [0.2, 0.25) is 10.0 Å². The van der Waals surface area contributed by atoms with Crippen molar-refractivity contribution in [1.29, 1.82) is 0 Å². The third-order valence-corrected chi connectivity index (χ3v) is 11.6. The molecule has 0 radical (unpaired) electrons. The van der Waals surface area contributed by atoms with Crippen LogP contribution < -0.4 is 5.30 Å². The molecule has 0 amide bonds. The summed E-state index contributed by atoms with van der Waals surface area (Å²) in [5, 5.41) is 7.43. The Balaban J connectivity index is 0.00000306. The number of halogens is 3. The Morgan fingerprint density at radius 2 is 1.61 bits per heavy atom. The lowest BCUT2D eigenvalue weighted by atomic mass is 10.3. The fraction of sp³-hybridized carbons (Fsp3) is 0.400. The molecule has 1 aliphatic heterocycles. The minimum absolute atomic E-state index is 0. The lowest BCUT2D eigenvalue weighted by Crippen LogP contribution is -2.36. The molecular formula is C25H32Cl3N4P. The van der Waals surface area contributed by atoms with Gasteiger partial charge in [0.25, 0.3) is 0 Å². The predicted molar refractivity (Wildman–Crippen MR) is 146 cm³/mol. The summed E-state index contributed by atoms with van der Waals surface area (Å²) in [6.07, 6.45) is 2.36. The highest BCUT2D eigenvalue weighted by Gasteiger charge is 2.45. The van der Waals surface area contributed by atoms with E-state index < -0.39 is 7.21 Å². The maximum absolute atomic E-state index is 6.65. The lowest BCUT2D eigenvalue weighted by Gasteiger charge is -2.44. The molecule has 33 heavy (non-hydrogen) atoms. The minimum Gasteiger partial charge on any atom is -0.265 e. The molecule has 0 saturated carbocycles. The van der Waals surface area contributed by atoms with E-state index in [1.54, 1.807) is 0 Å². The first kappa shape index (κ1) is 26.3. The second kappa shape index (κ2) is 10.1. The molecule has 4 nitrogen and oxygen atoms in total. The summed E-state index contributed by atoms with van der Waals surface area (Å²) in [4.78, 5) is 0. The summed E-state index contributed by atoms with van der Waals surface area (Å²) in [5.74, 6) is 0. The van der Waals surface area contributed by atoms with Gasteiger partial charge in [-0.1, -0.05) is 62.2 Å². The molecule has 0 N–H and O–H groups in total. The number of aromatic nitrogens is 2. The molecular weight excluding hydrogens is 494 g/mol. The molecule has 1 fully saturated rings. The van der Waals surface area contributed by atoms with Gasteiger partial charge < -0.3 is 0 Å².